The number of nitrogens with one attached hydrogen (secondary N) is 2. The molecule has 1 atom stereocenters. The van der Waals surface area contributed by atoms with E-state index in [4.69, 9.17) is 6.42 Å². The molecule has 0 spiro atoms. The molecule has 0 bridgehead atoms. The van der Waals surface area contributed by atoms with Gasteiger partial charge in [-0.1, -0.05) is 26.2 Å². The molecule has 0 heterocycles. The Morgan fingerprint density at radius 1 is 1.47 bits per heavy atom. The topological polar surface area (TPSA) is 41.1 Å². The number of hydrogen-bond acceptors (Lipinski definition) is 2. The van der Waals surface area contributed by atoms with Gasteiger partial charge in [-0.25, -0.2) is 0 Å². The van der Waals surface area contributed by atoms with E-state index in [2.05, 4.69) is 16.6 Å². The van der Waals surface area contributed by atoms with Crippen molar-refractivity contribution < 1.29 is 4.79 Å². The molecular formula is C12H22N2O. The van der Waals surface area contributed by atoms with Crippen molar-refractivity contribution in [3.63, 3.8) is 0 Å². The molecule has 0 saturated heterocycles. The molecule has 0 radical (unpaired) electrons. The van der Waals surface area contributed by atoms with Gasteiger partial charge >= 0.3 is 0 Å². The van der Waals surface area contributed by atoms with Gasteiger partial charge in [-0.15, -0.1) is 6.42 Å². The molecule has 86 valence electrons. The Bertz CT molecular complexity index is 240. The van der Waals surface area contributed by atoms with Crippen LogP contribution in [-0.2, 0) is 4.79 Å². The van der Waals surface area contributed by atoms with Crippen molar-refractivity contribution in [2.75, 3.05) is 6.54 Å². The molecule has 0 aromatic carbocycles. The van der Waals surface area contributed by atoms with Crippen LogP contribution in [0.15, 0.2) is 0 Å². The minimum absolute atomic E-state index is 0.0410. The Hall–Kier alpha value is -1.01. The van der Waals surface area contributed by atoms with Crippen LogP contribution < -0.4 is 10.6 Å². The van der Waals surface area contributed by atoms with Crippen molar-refractivity contribution >= 4 is 5.91 Å². The molecule has 0 saturated carbocycles. The van der Waals surface area contributed by atoms with Crippen LogP contribution in [0.3, 0.4) is 0 Å². The van der Waals surface area contributed by atoms with Gasteiger partial charge in [-0.3, -0.25) is 4.79 Å². The van der Waals surface area contributed by atoms with E-state index in [0.29, 0.717) is 0 Å². The van der Waals surface area contributed by atoms with Gasteiger partial charge in [0.15, 0.2) is 0 Å². The van der Waals surface area contributed by atoms with Gasteiger partial charge < -0.3 is 10.6 Å². The highest BCUT2D eigenvalue weighted by Crippen LogP contribution is 2.04. The maximum atomic E-state index is 11.8. The van der Waals surface area contributed by atoms with Crippen LogP contribution in [0.2, 0.25) is 0 Å². The normalized spacial score (nSPS) is 13.0. The summed E-state index contributed by atoms with van der Waals surface area (Å²) in [6.45, 7) is 8.48. The van der Waals surface area contributed by atoms with Crippen LogP contribution in [-0.4, -0.2) is 24.0 Å². The second kappa shape index (κ2) is 6.47. The SMILES string of the molecule is C#CC(CCC)NC(=O)C(C)(C)NCC. The highest BCUT2D eigenvalue weighted by atomic mass is 16.2. The van der Waals surface area contributed by atoms with E-state index in [1.807, 2.05) is 27.7 Å². The first kappa shape index (κ1) is 14.0. The summed E-state index contributed by atoms with van der Waals surface area (Å²) in [5, 5.41) is 5.97. The first-order valence-electron chi connectivity index (χ1n) is 5.50. The maximum absolute atomic E-state index is 11.8. The second-order valence-corrected chi connectivity index (χ2v) is 4.14. The Morgan fingerprint density at radius 2 is 2.07 bits per heavy atom. The third-order valence-corrected chi connectivity index (χ3v) is 2.27. The van der Waals surface area contributed by atoms with E-state index in [9.17, 15) is 4.79 Å². The monoisotopic (exact) mass is 210 g/mol. The first-order valence-corrected chi connectivity index (χ1v) is 5.50. The smallest absolute Gasteiger partial charge is 0.240 e. The van der Waals surface area contributed by atoms with E-state index >= 15 is 0 Å². The van der Waals surface area contributed by atoms with E-state index in [-0.39, 0.29) is 11.9 Å². The zero-order chi connectivity index (χ0) is 11.9. The summed E-state index contributed by atoms with van der Waals surface area (Å²) in [5.41, 5.74) is -0.558. The fourth-order valence-electron chi connectivity index (χ4n) is 1.35. The summed E-state index contributed by atoms with van der Waals surface area (Å²) < 4.78 is 0. The Kier molecular flexibility index (Phi) is 6.03. The lowest BCUT2D eigenvalue weighted by Crippen LogP contribution is -2.54. The summed E-state index contributed by atoms with van der Waals surface area (Å²) in [5.74, 6) is 2.55. The van der Waals surface area contributed by atoms with E-state index < -0.39 is 5.54 Å². The van der Waals surface area contributed by atoms with E-state index in [1.54, 1.807) is 0 Å². The van der Waals surface area contributed by atoms with Crippen LogP contribution in [0, 0.1) is 12.3 Å². The molecule has 0 aliphatic heterocycles. The third-order valence-electron chi connectivity index (χ3n) is 2.27. The summed E-state index contributed by atoms with van der Waals surface area (Å²) >= 11 is 0. The number of carbonyl (C=O) groups is 1. The molecule has 15 heavy (non-hydrogen) atoms. The molecule has 3 heteroatoms. The number of amides is 1. The molecule has 1 amide bonds. The maximum Gasteiger partial charge on any atom is 0.240 e. The molecule has 3 nitrogen and oxygen atoms in total. The van der Waals surface area contributed by atoms with Crippen molar-refractivity contribution in [2.45, 2.75) is 52.1 Å². The first-order chi connectivity index (χ1) is 6.97. The minimum atomic E-state index is -0.558. The van der Waals surface area contributed by atoms with Gasteiger partial charge in [0.2, 0.25) is 5.91 Å². The molecule has 0 aromatic heterocycles. The lowest BCUT2D eigenvalue weighted by Gasteiger charge is -2.26. The third kappa shape index (κ3) is 4.85. The van der Waals surface area contributed by atoms with Crippen molar-refractivity contribution in [1.82, 2.24) is 10.6 Å². The fourth-order valence-corrected chi connectivity index (χ4v) is 1.35. The molecule has 0 rings (SSSR count). The predicted octanol–water partition coefficient (Wildman–Crippen LogP) is 1.29. The van der Waals surface area contributed by atoms with Crippen molar-refractivity contribution in [1.29, 1.82) is 0 Å². The quantitative estimate of drug-likeness (QED) is 0.649. The predicted molar refractivity (Wildman–Crippen MR) is 63.4 cm³/mol. The Morgan fingerprint density at radius 3 is 2.47 bits per heavy atom. The summed E-state index contributed by atoms with van der Waals surface area (Å²) in [6, 6.07) is -0.152. The highest BCUT2D eigenvalue weighted by molar-refractivity contribution is 5.85. The zero-order valence-electron chi connectivity index (χ0n) is 10.2. The average molecular weight is 210 g/mol. The van der Waals surface area contributed by atoms with Crippen molar-refractivity contribution in [3.05, 3.63) is 0 Å². The Labute approximate surface area is 93.0 Å². The number of hydrogen-bond donors (Lipinski definition) is 2. The summed E-state index contributed by atoms with van der Waals surface area (Å²) in [4.78, 5) is 11.8. The molecule has 0 aliphatic carbocycles. The lowest BCUT2D eigenvalue weighted by atomic mass is 10.0. The second-order valence-electron chi connectivity index (χ2n) is 4.14. The van der Waals surface area contributed by atoms with Crippen LogP contribution >= 0.6 is 0 Å². The van der Waals surface area contributed by atoms with E-state index in [0.717, 1.165) is 19.4 Å². The van der Waals surface area contributed by atoms with Crippen molar-refractivity contribution in [3.8, 4) is 12.3 Å². The fraction of sp³-hybridized carbons (Fsp3) is 0.750. The van der Waals surface area contributed by atoms with Gasteiger partial charge in [-0.05, 0) is 26.8 Å². The molecular weight excluding hydrogens is 188 g/mol. The standard InChI is InChI=1S/C12H22N2O/c1-6-9-10(7-2)14-11(15)12(4,5)13-8-3/h2,10,13H,6,8-9H2,1,3-5H3,(H,14,15). The summed E-state index contributed by atoms with van der Waals surface area (Å²) in [7, 11) is 0. The van der Waals surface area contributed by atoms with Gasteiger partial charge in [0.1, 0.15) is 0 Å². The van der Waals surface area contributed by atoms with Gasteiger partial charge in [0, 0.05) is 0 Å². The minimum Gasteiger partial charge on any atom is -0.341 e. The summed E-state index contributed by atoms with van der Waals surface area (Å²) in [6.07, 6.45) is 7.13. The van der Waals surface area contributed by atoms with Crippen LogP contribution in [0.1, 0.15) is 40.5 Å². The molecule has 0 aromatic rings. The van der Waals surface area contributed by atoms with Gasteiger partial charge in [-0.2, -0.15) is 0 Å². The van der Waals surface area contributed by atoms with Gasteiger partial charge in [0.25, 0.3) is 0 Å². The van der Waals surface area contributed by atoms with Crippen LogP contribution in [0.4, 0.5) is 0 Å². The molecule has 0 fully saturated rings. The van der Waals surface area contributed by atoms with E-state index in [1.165, 1.54) is 0 Å². The van der Waals surface area contributed by atoms with Crippen molar-refractivity contribution in [2.24, 2.45) is 0 Å². The van der Waals surface area contributed by atoms with Crippen LogP contribution in [0.5, 0.6) is 0 Å². The largest absolute Gasteiger partial charge is 0.341 e. The molecule has 1 unspecified atom stereocenters. The number of terminal acetylenes is 1. The zero-order valence-corrected chi connectivity index (χ0v) is 10.2. The number of carbonyl (C=O) groups excluding carboxylic acids is 1. The lowest BCUT2D eigenvalue weighted by molar-refractivity contribution is -0.126. The number of rotatable bonds is 6. The average Bonchev–Trinajstić information content (AvgIpc) is 2.16. The highest BCUT2D eigenvalue weighted by Gasteiger charge is 2.27. The number of likely N-dealkylation sites (N-methyl/N-ethyl adjacent to an activating group) is 1. The Balaban J connectivity index is 4.28. The molecule has 0 aliphatic rings. The van der Waals surface area contributed by atoms with Crippen LogP contribution in [0.25, 0.3) is 0 Å². The van der Waals surface area contributed by atoms with Gasteiger partial charge in [0.05, 0.1) is 11.6 Å². The molecule has 2 N–H and O–H groups in total.